The number of pyridine rings is 1. The Kier molecular flexibility index (Phi) is 4.68. The van der Waals surface area contributed by atoms with Gasteiger partial charge in [-0.3, -0.25) is 9.55 Å². The van der Waals surface area contributed by atoms with Crippen LogP contribution in [0.15, 0.2) is 49.1 Å². The Morgan fingerprint density at radius 2 is 2.00 bits per heavy atom. The van der Waals surface area contributed by atoms with Crippen LogP contribution in [-0.2, 0) is 23.0 Å². The van der Waals surface area contributed by atoms with Crippen LogP contribution in [0.1, 0.15) is 11.3 Å². The van der Waals surface area contributed by atoms with E-state index < -0.39 is 10.7 Å². The summed E-state index contributed by atoms with van der Waals surface area (Å²) in [7, 11) is -2.52. The molecule has 0 aliphatic carbocycles. The van der Waals surface area contributed by atoms with Crippen LogP contribution in [0.3, 0.4) is 0 Å². The third kappa shape index (κ3) is 3.34. The molecule has 8 heteroatoms. The van der Waals surface area contributed by atoms with Gasteiger partial charge in [-0.25, -0.2) is 17.8 Å². The Labute approximate surface area is 139 Å². The zero-order chi connectivity index (χ0) is 17.1. The summed E-state index contributed by atoms with van der Waals surface area (Å²) in [6.45, 7) is 0.138. The Morgan fingerprint density at radius 1 is 1.17 bits per heavy atom. The monoisotopic (exact) mass is 346 g/mol. The summed E-state index contributed by atoms with van der Waals surface area (Å²) < 4.78 is 37.2. The Balaban J connectivity index is 1.97. The summed E-state index contributed by atoms with van der Waals surface area (Å²) in [6, 6.07) is 8.23. The average Bonchev–Trinajstić information content (AvgIpc) is 3.04. The lowest BCUT2D eigenvalue weighted by molar-refractivity contribution is 0.611. The number of thiol groups is 1. The number of halogens is 1. The van der Waals surface area contributed by atoms with Gasteiger partial charge in [-0.15, -0.1) is 0 Å². The smallest absolute Gasteiger partial charge is 0.145 e. The first kappa shape index (κ1) is 16.3. The molecule has 2 heterocycles. The first-order valence-electron chi connectivity index (χ1n) is 7.17. The third-order valence-corrected chi connectivity index (χ3v) is 4.17. The lowest BCUT2D eigenvalue weighted by Crippen LogP contribution is -2.01. The largest absolute Gasteiger partial charge is 0.326 e. The van der Waals surface area contributed by atoms with E-state index >= 15 is 0 Å². The van der Waals surface area contributed by atoms with Crippen molar-refractivity contribution in [3.05, 3.63) is 66.1 Å². The molecular formula is C16H15FN4O2S. The molecule has 24 heavy (non-hydrogen) atoms. The molecular weight excluding hydrogens is 331 g/mol. The summed E-state index contributed by atoms with van der Waals surface area (Å²) >= 11 is 0. The second-order valence-corrected chi connectivity index (χ2v) is 6.14. The zero-order valence-electron chi connectivity index (χ0n) is 12.6. The minimum Gasteiger partial charge on any atom is -0.326 e. The van der Waals surface area contributed by atoms with Crippen molar-refractivity contribution < 1.29 is 12.8 Å². The molecule has 0 bridgehead atoms. The van der Waals surface area contributed by atoms with Gasteiger partial charge in [0, 0.05) is 17.7 Å². The minimum absolute atomic E-state index is 0.0990. The van der Waals surface area contributed by atoms with E-state index in [4.69, 9.17) is 5.73 Å². The van der Waals surface area contributed by atoms with E-state index in [2.05, 4.69) is 9.97 Å². The summed E-state index contributed by atoms with van der Waals surface area (Å²) in [5.74, 6) is -0.464. The molecule has 124 valence electrons. The van der Waals surface area contributed by atoms with Gasteiger partial charge in [-0.05, 0) is 18.2 Å². The lowest BCUT2D eigenvalue weighted by atomic mass is 10.1. The highest BCUT2D eigenvalue weighted by Gasteiger charge is 2.10. The molecule has 0 saturated carbocycles. The Hall–Kier alpha value is -2.58. The second kappa shape index (κ2) is 6.90. The molecule has 1 aromatic carbocycles. The van der Waals surface area contributed by atoms with Crippen LogP contribution in [-0.4, -0.2) is 23.0 Å². The maximum absolute atomic E-state index is 14.0. The van der Waals surface area contributed by atoms with E-state index in [1.54, 1.807) is 47.6 Å². The predicted octanol–water partition coefficient (Wildman–Crippen LogP) is 1.64. The summed E-state index contributed by atoms with van der Waals surface area (Å²) in [6.07, 6.45) is 4.78. The van der Waals surface area contributed by atoms with Gasteiger partial charge < -0.3 is 5.73 Å². The number of aromatic nitrogens is 3. The standard InChI is InChI=1S/C16H15FN4O2S/c17-15-5-11(1-2-12(15)6-18)16-8-19-10-21(16)14-4-3-13(20-7-14)9-24(22)23/h1-5,7-8,10,24H,6,9,18H2. The van der Waals surface area contributed by atoms with Crippen LogP contribution in [0.2, 0.25) is 0 Å². The minimum atomic E-state index is -2.52. The first-order valence-corrected chi connectivity index (χ1v) is 8.53. The third-order valence-electron chi connectivity index (χ3n) is 3.59. The van der Waals surface area contributed by atoms with Crippen molar-refractivity contribution in [2.45, 2.75) is 12.3 Å². The van der Waals surface area contributed by atoms with E-state index in [1.807, 2.05) is 0 Å². The molecule has 0 aliphatic rings. The van der Waals surface area contributed by atoms with Crippen molar-refractivity contribution in [2.24, 2.45) is 5.73 Å². The summed E-state index contributed by atoms with van der Waals surface area (Å²) in [4.78, 5) is 8.24. The molecule has 6 nitrogen and oxygen atoms in total. The van der Waals surface area contributed by atoms with E-state index in [9.17, 15) is 12.8 Å². The first-order chi connectivity index (χ1) is 11.6. The van der Waals surface area contributed by atoms with Gasteiger partial charge in [0.15, 0.2) is 0 Å². The molecule has 3 aromatic rings. The topological polar surface area (TPSA) is 90.9 Å². The van der Waals surface area contributed by atoms with Crippen molar-refractivity contribution in [1.29, 1.82) is 0 Å². The van der Waals surface area contributed by atoms with E-state index in [-0.39, 0.29) is 18.1 Å². The van der Waals surface area contributed by atoms with Gasteiger partial charge in [-0.2, -0.15) is 0 Å². The number of imidazole rings is 1. The van der Waals surface area contributed by atoms with Crippen LogP contribution < -0.4 is 5.73 Å². The van der Waals surface area contributed by atoms with Gasteiger partial charge in [0.05, 0.1) is 41.5 Å². The molecule has 0 radical (unpaired) electrons. The molecule has 0 amide bonds. The van der Waals surface area contributed by atoms with Crippen molar-refractivity contribution in [3.8, 4) is 16.9 Å². The number of benzene rings is 1. The van der Waals surface area contributed by atoms with Crippen LogP contribution >= 0.6 is 0 Å². The van der Waals surface area contributed by atoms with Crippen molar-refractivity contribution in [1.82, 2.24) is 14.5 Å². The number of hydrogen-bond acceptors (Lipinski definition) is 5. The highest BCUT2D eigenvalue weighted by molar-refractivity contribution is 7.71. The van der Waals surface area contributed by atoms with Crippen LogP contribution in [0.25, 0.3) is 16.9 Å². The van der Waals surface area contributed by atoms with E-state index in [0.29, 0.717) is 28.2 Å². The maximum atomic E-state index is 14.0. The molecule has 0 saturated heterocycles. The fraction of sp³-hybridized carbons (Fsp3) is 0.125. The molecule has 2 aromatic heterocycles. The highest BCUT2D eigenvalue weighted by atomic mass is 32.2. The van der Waals surface area contributed by atoms with Gasteiger partial charge >= 0.3 is 0 Å². The van der Waals surface area contributed by atoms with Crippen molar-refractivity contribution >= 4 is 10.7 Å². The van der Waals surface area contributed by atoms with Crippen molar-refractivity contribution in [2.75, 3.05) is 0 Å². The molecule has 0 fully saturated rings. The molecule has 0 spiro atoms. The molecule has 2 N–H and O–H groups in total. The van der Waals surface area contributed by atoms with Gasteiger partial charge in [-0.1, -0.05) is 12.1 Å². The fourth-order valence-corrected chi connectivity index (χ4v) is 2.82. The number of nitrogens with two attached hydrogens (primary N) is 1. The van der Waals surface area contributed by atoms with Crippen LogP contribution in [0.5, 0.6) is 0 Å². The average molecular weight is 346 g/mol. The summed E-state index contributed by atoms with van der Waals surface area (Å²) in [5.41, 5.74) is 8.46. The second-order valence-electron chi connectivity index (χ2n) is 5.16. The normalized spacial score (nSPS) is 11.1. The van der Waals surface area contributed by atoms with Crippen molar-refractivity contribution in [3.63, 3.8) is 0 Å². The quantitative estimate of drug-likeness (QED) is 0.686. The fourth-order valence-electron chi connectivity index (χ4n) is 2.37. The van der Waals surface area contributed by atoms with Gasteiger partial charge in [0.1, 0.15) is 16.5 Å². The lowest BCUT2D eigenvalue weighted by Gasteiger charge is -2.09. The maximum Gasteiger partial charge on any atom is 0.145 e. The zero-order valence-corrected chi connectivity index (χ0v) is 13.5. The van der Waals surface area contributed by atoms with Gasteiger partial charge in [0.2, 0.25) is 0 Å². The van der Waals surface area contributed by atoms with E-state index in [1.165, 1.54) is 6.07 Å². The Morgan fingerprint density at radius 3 is 2.62 bits per heavy atom. The van der Waals surface area contributed by atoms with Crippen LogP contribution in [0.4, 0.5) is 4.39 Å². The van der Waals surface area contributed by atoms with Gasteiger partial charge in [0.25, 0.3) is 0 Å². The number of nitrogens with zero attached hydrogens (tertiary/aromatic N) is 3. The molecule has 3 rings (SSSR count). The molecule has 0 atom stereocenters. The number of rotatable bonds is 5. The number of hydrogen-bond donors (Lipinski definition) is 2. The van der Waals surface area contributed by atoms with Crippen LogP contribution in [0, 0.1) is 5.82 Å². The molecule has 0 aliphatic heterocycles. The molecule has 0 unspecified atom stereocenters. The predicted molar refractivity (Wildman–Crippen MR) is 88.7 cm³/mol. The Bertz CT molecular complexity index is 928. The van der Waals surface area contributed by atoms with E-state index in [0.717, 1.165) is 0 Å². The highest BCUT2D eigenvalue weighted by Crippen LogP contribution is 2.24. The SMILES string of the molecule is NCc1ccc(-c2cncn2-c2ccc(C[SH](=O)=O)nc2)cc1F. The summed E-state index contributed by atoms with van der Waals surface area (Å²) in [5, 5.41) is 0.